The molecule has 0 saturated carbocycles. The molecule has 0 radical (unpaired) electrons. The number of rotatable bonds is 4. The molecule has 2 amide bonds. The van der Waals surface area contributed by atoms with Gasteiger partial charge in [0.2, 0.25) is 0 Å². The van der Waals surface area contributed by atoms with Crippen LogP contribution >= 0.6 is 0 Å². The fraction of sp³-hybridized carbons (Fsp3) is 0.316. The third kappa shape index (κ3) is 3.79. The number of carbonyl (C=O) groups excluding carboxylic acids is 2. The molecule has 0 bridgehead atoms. The van der Waals surface area contributed by atoms with Crippen LogP contribution in [0.5, 0.6) is 5.75 Å². The molecule has 1 N–H and O–H groups in total. The number of aryl methyl sites for hydroxylation is 1. The second kappa shape index (κ2) is 7.53. The molecule has 1 aliphatic heterocycles. The number of carbonyl (C=O) groups is 3. The maximum atomic E-state index is 12.7. The minimum absolute atomic E-state index is 0.0181. The maximum absolute atomic E-state index is 12.7. The van der Waals surface area contributed by atoms with Crippen molar-refractivity contribution < 1.29 is 28.6 Å². The molecule has 1 aromatic heterocycles. The number of hydrogen-bond donors (Lipinski definition) is 1. The Hall–Kier alpha value is -3.29. The number of aromatic carboxylic acids is 1. The lowest BCUT2D eigenvalue weighted by Crippen LogP contribution is -2.50. The number of nitrogens with zero attached hydrogens (tertiary/aromatic N) is 2. The summed E-state index contributed by atoms with van der Waals surface area (Å²) in [6.45, 7) is 3.36. The predicted molar refractivity (Wildman–Crippen MR) is 95.2 cm³/mol. The van der Waals surface area contributed by atoms with Gasteiger partial charge in [-0.2, -0.15) is 0 Å². The van der Waals surface area contributed by atoms with E-state index >= 15 is 0 Å². The molecule has 1 aliphatic rings. The molecule has 2 aromatic rings. The van der Waals surface area contributed by atoms with Gasteiger partial charge in [0, 0.05) is 37.8 Å². The van der Waals surface area contributed by atoms with Crippen LogP contribution in [0.3, 0.4) is 0 Å². The highest BCUT2D eigenvalue weighted by Gasteiger charge is 2.27. The van der Waals surface area contributed by atoms with Crippen molar-refractivity contribution in [3.05, 3.63) is 53.0 Å². The number of carboxylic acids is 1. The highest BCUT2D eigenvalue weighted by molar-refractivity contribution is 5.96. The zero-order chi connectivity index (χ0) is 19.6. The molecule has 2 heterocycles. The maximum Gasteiger partial charge on any atom is 0.338 e. The molecule has 142 valence electrons. The Kier molecular flexibility index (Phi) is 5.16. The lowest BCUT2D eigenvalue weighted by atomic mass is 10.1. The second-order valence-corrected chi connectivity index (χ2v) is 6.27. The number of ether oxygens (including phenoxy) is 1. The lowest BCUT2D eigenvalue weighted by molar-refractivity contribution is 0.0518. The molecule has 27 heavy (non-hydrogen) atoms. The molecule has 0 unspecified atom stereocenters. The van der Waals surface area contributed by atoms with Gasteiger partial charge in [0.05, 0.1) is 12.7 Å². The van der Waals surface area contributed by atoms with Gasteiger partial charge < -0.3 is 24.1 Å². The van der Waals surface area contributed by atoms with Crippen molar-refractivity contribution in [1.82, 2.24) is 9.80 Å². The Morgan fingerprint density at radius 1 is 1.00 bits per heavy atom. The zero-order valence-corrected chi connectivity index (χ0v) is 15.1. The summed E-state index contributed by atoms with van der Waals surface area (Å²) in [5.74, 6) is -1.02. The fourth-order valence-corrected chi connectivity index (χ4v) is 2.96. The SMILES string of the molecule is COc1cc(C(=O)N2CCN(C(=O)c3cc(C(=O)O)co3)CC2)ccc1C. The molecule has 8 heteroatoms. The smallest absolute Gasteiger partial charge is 0.338 e. The topological polar surface area (TPSA) is 100 Å². The first-order valence-corrected chi connectivity index (χ1v) is 8.45. The van der Waals surface area contributed by atoms with E-state index in [2.05, 4.69) is 0 Å². The lowest BCUT2D eigenvalue weighted by Gasteiger charge is -2.34. The van der Waals surface area contributed by atoms with Crippen LogP contribution in [0.2, 0.25) is 0 Å². The summed E-state index contributed by atoms with van der Waals surface area (Å²) >= 11 is 0. The Labute approximate surface area is 155 Å². The van der Waals surface area contributed by atoms with Crippen molar-refractivity contribution in [3.63, 3.8) is 0 Å². The number of benzene rings is 1. The summed E-state index contributed by atoms with van der Waals surface area (Å²) in [5.41, 5.74) is 1.42. The third-order valence-corrected chi connectivity index (χ3v) is 4.57. The van der Waals surface area contributed by atoms with Crippen molar-refractivity contribution in [2.45, 2.75) is 6.92 Å². The van der Waals surface area contributed by atoms with E-state index in [9.17, 15) is 14.4 Å². The van der Waals surface area contributed by atoms with E-state index in [0.717, 1.165) is 11.8 Å². The van der Waals surface area contributed by atoms with Gasteiger partial charge in [-0.1, -0.05) is 6.07 Å². The van der Waals surface area contributed by atoms with Gasteiger partial charge in [0.1, 0.15) is 12.0 Å². The minimum Gasteiger partial charge on any atom is -0.496 e. The largest absolute Gasteiger partial charge is 0.496 e. The normalized spacial score (nSPS) is 14.1. The quantitative estimate of drug-likeness (QED) is 0.880. The summed E-state index contributed by atoms with van der Waals surface area (Å²) < 4.78 is 10.3. The van der Waals surface area contributed by atoms with E-state index < -0.39 is 5.97 Å². The summed E-state index contributed by atoms with van der Waals surface area (Å²) in [4.78, 5) is 39.2. The number of piperazine rings is 1. The van der Waals surface area contributed by atoms with Gasteiger partial charge in [-0.15, -0.1) is 0 Å². The number of carboxylic acid groups (broad SMARTS) is 1. The van der Waals surface area contributed by atoms with Crippen molar-refractivity contribution in [2.75, 3.05) is 33.3 Å². The average Bonchev–Trinajstić information content (AvgIpc) is 3.18. The average molecular weight is 372 g/mol. The summed E-state index contributed by atoms with van der Waals surface area (Å²) in [6, 6.07) is 6.52. The van der Waals surface area contributed by atoms with Crippen molar-refractivity contribution >= 4 is 17.8 Å². The third-order valence-electron chi connectivity index (χ3n) is 4.57. The van der Waals surface area contributed by atoms with E-state index in [4.69, 9.17) is 14.3 Å². The van der Waals surface area contributed by atoms with Crippen LogP contribution in [0.4, 0.5) is 0 Å². The molecule has 1 aromatic carbocycles. The molecule has 0 aliphatic carbocycles. The molecule has 0 spiro atoms. The summed E-state index contributed by atoms with van der Waals surface area (Å²) in [5, 5.41) is 8.91. The first-order chi connectivity index (χ1) is 12.9. The van der Waals surface area contributed by atoms with Crippen LogP contribution < -0.4 is 4.74 Å². The van der Waals surface area contributed by atoms with Gasteiger partial charge in [-0.3, -0.25) is 9.59 Å². The monoisotopic (exact) mass is 372 g/mol. The summed E-state index contributed by atoms with van der Waals surface area (Å²) in [7, 11) is 1.56. The van der Waals surface area contributed by atoms with Gasteiger partial charge >= 0.3 is 5.97 Å². The standard InChI is InChI=1S/C19H20N2O6/c1-12-3-4-13(9-15(12)26-2)17(22)20-5-7-21(8-6-20)18(23)16-10-14(11-27-16)19(24)25/h3-4,9-11H,5-8H2,1-2H3,(H,24,25). The van der Waals surface area contributed by atoms with Crippen LogP contribution in [0.25, 0.3) is 0 Å². The predicted octanol–water partition coefficient (Wildman–Crippen LogP) is 1.89. The highest BCUT2D eigenvalue weighted by Crippen LogP contribution is 2.21. The van der Waals surface area contributed by atoms with Gasteiger partial charge in [0.25, 0.3) is 11.8 Å². The van der Waals surface area contributed by atoms with Crippen LogP contribution in [0.15, 0.2) is 34.9 Å². The number of furan rings is 1. The second-order valence-electron chi connectivity index (χ2n) is 6.27. The molecule has 1 fully saturated rings. The molecular weight excluding hydrogens is 352 g/mol. The van der Waals surface area contributed by atoms with Crippen LogP contribution in [-0.2, 0) is 0 Å². The minimum atomic E-state index is -1.15. The van der Waals surface area contributed by atoms with Gasteiger partial charge in [-0.05, 0) is 24.6 Å². The molecule has 1 saturated heterocycles. The highest BCUT2D eigenvalue weighted by atomic mass is 16.5. The Morgan fingerprint density at radius 2 is 1.63 bits per heavy atom. The van der Waals surface area contributed by atoms with Crippen molar-refractivity contribution in [3.8, 4) is 5.75 Å². The zero-order valence-electron chi connectivity index (χ0n) is 15.1. The number of methoxy groups -OCH3 is 1. The van der Waals surface area contributed by atoms with Crippen molar-refractivity contribution in [2.24, 2.45) is 0 Å². The molecular formula is C19H20N2O6. The van der Waals surface area contributed by atoms with E-state index in [0.29, 0.717) is 37.5 Å². The van der Waals surface area contributed by atoms with E-state index in [1.807, 2.05) is 13.0 Å². The molecule has 8 nitrogen and oxygen atoms in total. The van der Waals surface area contributed by atoms with E-state index in [1.54, 1.807) is 29.0 Å². The molecule has 3 rings (SSSR count). The first-order valence-electron chi connectivity index (χ1n) is 8.45. The van der Waals surface area contributed by atoms with E-state index in [1.165, 1.54) is 6.07 Å². The fourth-order valence-electron chi connectivity index (χ4n) is 2.96. The summed E-state index contributed by atoms with van der Waals surface area (Å²) in [6.07, 6.45) is 1.04. The first kappa shape index (κ1) is 18.5. The molecule has 0 atom stereocenters. The van der Waals surface area contributed by atoms with Gasteiger partial charge in [0.15, 0.2) is 5.76 Å². The van der Waals surface area contributed by atoms with Gasteiger partial charge in [-0.25, -0.2) is 4.79 Å². The van der Waals surface area contributed by atoms with Crippen LogP contribution in [-0.4, -0.2) is 66.0 Å². The Morgan fingerprint density at radius 3 is 2.19 bits per heavy atom. The van der Waals surface area contributed by atoms with E-state index in [-0.39, 0.29) is 23.1 Å². The van der Waals surface area contributed by atoms with Crippen molar-refractivity contribution in [1.29, 1.82) is 0 Å². The van der Waals surface area contributed by atoms with Crippen LogP contribution in [0, 0.1) is 6.92 Å². The Bertz CT molecular complexity index is 880. The number of hydrogen-bond acceptors (Lipinski definition) is 5. The van der Waals surface area contributed by atoms with Crippen LogP contribution in [0.1, 0.15) is 36.8 Å². The Balaban J connectivity index is 1.63. The number of amides is 2.